The fourth-order valence-electron chi connectivity index (χ4n) is 4.36. The van der Waals surface area contributed by atoms with Gasteiger partial charge in [-0.05, 0) is 44.5 Å². The molecule has 3 aromatic heterocycles. The molecule has 0 radical (unpaired) electrons. The summed E-state index contributed by atoms with van der Waals surface area (Å²) in [5, 5.41) is 18.8. The highest BCUT2D eigenvalue weighted by Gasteiger charge is 2.23. The number of benzene rings is 1. The van der Waals surface area contributed by atoms with Gasteiger partial charge in [0.05, 0.1) is 17.1 Å². The third-order valence-electron chi connectivity index (χ3n) is 5.55. The third kappa shape index (κ3) is 3.24. The number of fused-ring (bicyclic) bond motifs is 2. The second-order valence-electron chi connectivity index (χ2n) is 8.28. The largest absolute Gasteiger partial charge is 0.368 e. The maximum atomic E-state index is 15.2. The SMILES string of the molecule is Cc1cc(Nc2n[nH]c3cc(N4C[C@@H](C)N[C@@H](C)C4)cc(F)c23)nc2cn(C)nc12. The van der Waals surface area contributed by atoms with Gasteiger partial charge in [0.25, 0.3) is 0 Å². The Morgan fingerprint density at radius 2 is 1.93 bits per heavy atom. The Balaban J connectivity index is 1.49. The number of aromatic amines is 1. The summed E-state index contributed by atoms with van der Waals surface area (Å²) >= 11 is 0. The molecule has 9 heteroatoms. The van der Waals surface area contributed by atoms with Crippen molar-refractivity contribution in [2.75, 3.05) is 23.3 Å². The average Bonchev–Trinajstić information content (AvgIpc) is 3.24. The van der Waals surface area contributed by atoms with Crippen LogP contribution in [0.1, 0.15) is 19.4 Å². The van der Waals surface area contributed by atoms with Crippen molar-refractivity contribution in [2.24, 2.45) is 7.05 Å². The van der Waals surface area contributed by atoms with E-state index in [2.05, 4.69) is 49.7 Å². The Labute approximate surface area is 173 Å². The first-order valence-corrected chi connectivity index (χ1v) is 10.1. The number of anilines is 3. The lowest BCUT2D eigenvalue weighted by Gasteiger charge is -2.37. The van der Waals surface area contributed by atoms with Crippen LogP contribution in [0.15, 0.2) is 24.4 Å². The van der Waals surface area contributed by atoms with Gasteiger partial charge in [0.1, 0.15) is 22.7 Å². The minimum Gasteiger partial charge on any atom is -0.368 e. The Bertz CT molecular complexity index is 1230. The maximum Gasteiger partial charge on any atom is 0.164 e. The topological polar surface area (TPSA) is 86.7 Å². The van der Waals surface area contributed by atoms with Crippen molar-refractivity contribution in [2.45, 2.75) is 32.9 Å². The van der Waals surface area contributed by atoms with Crippen molar-refractivity contribution in [1.29, 1.82) is 0 Å². The predicted octanol–water partition coefficient (Wildman–Crippen LogP) is 3.22. The molecule has 8 nitrogen and oxygen atoms in total. The number of piperazine rings is 1. The first-order chi connectivity index (χ1) is 14.4. The molecule has 30 heavy (non-hydrogen) atoms. The molecule has 0 unspecified atom stereocenters. The van der Waals surface area contributed by atoms with Crippen LogP contribution in [0.3, 0.4) is 0 Å². The molecule has 2 atom stereocenters. The molecule has 4 heterocycles. The standard InChI is InChI=1S/C21H25FN8/c1-11-5-18(24-17-10-29(4)28-20(11)17)25-21-19-15(22)6-14(7-16(19)26-27-21)30-8-12(2)23-13(3)9-30/h5-7,10,12-13,23H,8-9H2,1-4H3,(H2,24,25,26,27)/t12-,13+. The van der Waals surface area contributed by atoms with E-state index in [4.69, 9.17) is 0 Å². The van der Waals surface area contributed by atoms with Crippen LogP contribution < -0.4 is 15.5 Å². The fraction of sp³-hybridized carbons (Fsp3) is 0.381. The number of nitrogens with one attached hydrogen (secondary N) is 3. The van der Waals surface area contributed by atoms with E-state index in [1.54, 1.807) is 10.7 Å². The number of aryl methyl sites for hydroxylation is 2. The molecular formula is C21H25FN8. The van der Waals surface area contributed by atoms with Gasteiger partial charge in [-0.25, -0.2) is 9.37 Å². The van der Waals surface area contributed by atoms with Crippen LogP contribution in [0.25, 0.3) is 21.9 Å². The third-order valence-corrected chi connectivity index (χ3v) is 5.55. The lowest BCUT2D eigenvalue weighted by atomic mass is 10.1. The Morgan fingerprint density at radius 1 is 1.17 bits per heavy atom. The second-order valence-corrected chi connectivity index (χ2v) is 8.28. The van der Waals surface area contributed by atoms with Crippen molar-refractivity contribution >= 4 is 39.3 Å². The molecule has 5 rings (SSSR count). The van der Waals surface area contributed by atoms with Gasteiger partial charge in [-0.2, -0.15) is 10.2 Å². The highest BCUT2D eigenvalue weighted by molar-refractivity contribution is 5.94. The van der Waals surface area contributed by atoms with Gasteiger partial charge < -0.3 is 15.5 Å². The van der Waals surface area contributed by atoms with Crippen molar-refractivity contribution < 1.29 is 4.39 Å². The van der Waals surface area contributed by atoms with Crippen LogP contribution in [0.2, 0.25) is 0 Å². The zero-order valence-corrected chi connectivity index (χ0v) is 17.5. The highest BCUT2D eigenvalue weighted by Crippen LogP contribution is 2.31. The summed E-state index contributed by atoms with van der Waals surface area (Å²) in [6.45, 7) is 7.94. The van der Waals surface area contributed by atoms with E-state index in [0.29, 0.717) is 34.6 Å². The normalized spacial score (nSPS) is 19.7. The average molecular weight is 408 g/mol. The quantitative estimate of drug-likeness (QED) is 0.483. The zero-order chi connectivity index (χ0) is 21.0. The molecule has 0 bridgehead atoms. The molecule has 1 aliphatic heterocycles. The number of nitrogens with zero attached hydrogens (tertiary/aromatic N) is 5. The van der Waals surface area contributed by atoms with Gasteiger partial charge in [0.15, 0.2) is 5.82 Å². The summed E-state index contributed by atoms with van der Waals surface area (Å²) in [5.41, 5.74) is 4.15. The van der Waals surface area contributed by atoms with E-state index < -0.39 is 0 Å². The summed E-state index contributed by atoms with van der Waals surface area (Å²) in [4.78, 5) is 6.80. The molecular weight excluding hydrogens is 383 g/mol. The van der Waals surface area contributed by atoms with Crippen LogP contribution in [0.4, 0.5) is 21.7 Å². The smallest absolute Gasteiger partial charge is 0.164 e. The summed E-state index contributed by atoms with van der Waals surface area (Å²) in [6, 6.07) is 6.15. The van der Waals surface area contributed by atoms with E-state index in [9.17, 15) is 0 Å². The molecule has 1 fully saturated rings. The molecule has 1 saturated heterocycles. The Morgan fingerprint density at radius 3 is 2.70 bits per heavy atom. The van der Waals surface area contributed by atoms with E-state index in [1.165, 1.54) is 0 Å². The first-order valence-electron chi connectivity index (χ1n) is 10.1. The summed E-state index contributed by atoms with van der Waals surface area (Å²) in [5.74, 6) is 0.720. The molecule has 0 spiro atoms. The monoisotopic (exact) mass is 408 g/mol. The molecule has 0 saturated carbocycles. The van der Waals surface area contributed by atoms with Crippen molar-refractivity contribution in [3.05, 3.63) is 35.8 Å². The van der Waals surface area contributed by atoms with Crippen molar-refractivity contribution in [3.8, 4) is 0 Å². The number of hydrogen-bond donors (Lipinski definition) is 3. The van der Waals surface area contributed by atoms with E-state index >= 15 is 4.39 Å². The van der Waals surface area contributed by atoms with E-state index in [1.807, 2.05) is 32.3 Å². The number of rotatable bonds is 3. The molecule has 0 amide bonds. The first kappa shape index (κ1) is 18.8. The van der Waals surface area contributed by atoms with Gasteiger partial charge in [0.2, 0.25) is 0 Å². The Hall–Kier alpha value is -3.20. The Kier molecular flexibility index (Phi) is 4.35. The van der Waals surface area contributed by atoms with Gasteiger partial charge in [-0.3, -0.25) is 9.78 Å². The summed E-state index contributed by atoms with van der Waals surface area (Å²) in [7, 11) is 1.86. The van der Waals surface area contributed by atoms with Crippen molar-refractivity contribution in [1.82, 2.24) is 30.3 Å². The lowest BCUT2D eigenvalue weighted by Crippen LogP contribution is -2.54. The van der Waals surface area contributed by atoms with Crippen LogP contribution in [0, 0.1) is 12.7 Å². The van der Waals surface area contributed by atoms with Gasteiger partial charge in [-0.15, -0.1) is 0 Å². The van der Waals surface area contributed by atoms with Crippen LogP contribution in [-0.2, 0) is 7.05 Å². The van der Waals surface area contributed by atoms with Crippen LogP contribution >= 0.6 is 0 Å². The molecule has 3 N–H and O–H groups in total. The van der Waals surface area contributed by atoms with Gasteiger partial charge in [0, 0.05) is 37.9 Å². The minimum atomic E-state index is -0.309. The minimum absolute atomic E-state index is 0.309. The molecule has 0 aliphatic carbocycles. The van der Waals surface area contributed by atoms with Crippen LogP contribution in [0.5, 0.6) is 0 Å². The van der Waals surface area contributed by atoms with E-state index in [0.717, 1.165) is 35.4 Å². The number of aromatic nitrogens is 5. The molecule has 1 aliphatic rings. The van der Waals surface area contributed by atoms with Crippen molar-refractivity contribution in [3.63, 3.8) is 0 Å². The van der Waals surface area contributed by atoms with Crippen LogP contribution in [-0.4, -0.2) is 50.1 Å². The fourth-order valence-corrected chi connectivity index (χ4v) is 4.36. The predicted molar refractivity (Wildman–Crippen MR) is 117 cm³/mol. The number of H-pyrrole nitrogens is 1. The highest BCUT2D eigenvalue weighted by atomic mass is 19.1. The van der Waals surface area contributed by atoms with Gasteiger partial charge in [-0.1, -0.05) is 0 Å². The molecule has 156 valence electrons. The number of hydrogen-bond acceptors (Lipinski definition) is 6. The second kappa shape index (κ2) is 6.94. The van der Waals surface area contributed by atoms with E-state index in [-0.39, 0.29) is 5.82 Å². The molecule has 4 aromatic rings. The maximum absolute atomic E-state index is 15.2. The number of halogens is 1. The number of pyridine rings is 1. The summed E-state index contributed by atoms with van der Waals surface area (Å²) < 4.78 is 16.9. The van der Waals surface area contributed by atoms with Gasteiger partial charge >= 0.3 is 0 Å². The summed E-state index contributed by atoms with van der Waals surface area (Å²) in [6.07, 6.45) is 1.86. The zero-order valence-electron chi connectivity index (χ0n) is 17.5. The molecule has 1 aromatic carbocycles. The lowest BCUT2D eigenvalue weighted by molar-refractivity contribution is 0.407.